The van der Waals surface area contributed by atoms with Crippen LogP contribution in [0.4, 0.5) is 0 Å². The quantitative estimate of drug-likeness (QED) is 0.495. The third kappa shape index (κ3) is 3.34. The second-order valence-corrected chi connectivity index (χ2v) is 6.41. The Bertz CT molecular complexity index is 1150. The lowest BCUT2D eigenvalue weighted by Gasteiger charge is -2.00. The molecule has 28 heavy (non-hydrogen) atoms. The van der Waals surface area contributed by atoms with E-state index in [1.165, 1.54) is 0 Å². The number of pyridine rings is 1. The minimum absolute atomic E-state index is 0.0531. The van der Waals surface area contributed by atoms with Crippen LogP contribution in [0.25, 0.3) is 22.6 Å². The lowest BCUT2D eigenvalue weighted by atomic mass is 10.1. The van der Waals surface area contributed by atoms with Gasteiger partial charge in [-0.2, -0.15) is 5.10 Å². The molecule has 0 unspecified atom stereocenters. The Morgan fingerprint density at radius 1 is 1.14 bits per heavy atom. The number of aryl methyl sites for hydroxylation is 1. The van der Waals surface area contributed by atoms with Crippen molar-refractivity contribution in [1.29, 1.82) is 0 Å². The fourth-order valence-corrected chi connectivity index (χ4v) is 2.84. The van der Waals surface area contributed by atoms with E-state index < -0.39 is 0 Å². The second kappa shape index (κ2) is 7.18. The van der Waals surface area contributed by atoms with Crippen molar-refractivity contribution in [2.24, 2.45) is 0 Å². The molecule has 0 aliphatic heterocycles. The highest BCUT2D eigenvalue weighted by atomic mass is 16.5. The summed E-state index contributed by atoms with van der Waals surface area (Å²) in [5.41, 5.74) is 5.05. The van der Waals surface area contributed by atoms with E-state index in [0.717, 1.165) is 27.9 Å². The van der Waals surface area contributed by atoms with Crippen LogP contribution in [0.3, 0.4) is 0 Å². The summed E-state index contributed by atoms with van der Waals surface area (Å²) in [6.45, 7) is 6.16. The Labute approximate surface area is 160 Å². The van der Waals surface area contributed by atoms with Crippen molar-refractivity contribution < 1.29 is 9.53 Å². The highest BCUT2D eigenvalue weighted by molar-refractivity contribution is 5.97. The lowest BCUT2D eigenvalue weighted by molar-refractivity contribution is 0.0987. The molecule has 9 heteroatoms. The van der Waals surface area contributed by atoms with Crippen LogP contribution in [-0.4, -0.2) is 47.5 Å². The molecule has 0 aliphatic rings. The average molecular weight is 377 g/mol. The first-order valence-corrected chi connectivity index (χ1v) is 8.89. The number of fused-ring (bicyclic) bond motifs is 1. The van der Waals surface area contributed by atoms with Crippen LogP contribution in [0.2, 0.25) is 0 Å². The number of aromatic nitrogens is 7. The smallest absolute Gasteiger partial charge is 0.316 e. The van der Waals surface area contributed by atoms with Crippen molar-refractivity contribution in [3.05, 3.63) is 47.2 Å². The van der Waals surface area contributed by atoms with Gasteiger partial charge in [-0.3, -0.25) is 9.89 Å². The van der Waals surface area contributed by atoms with Gasteiger partial charge < -0.3 is 9.72 Å². The number of ether oxygens (including phenoxy) is 1. The highest BCUT2D eigenvalue weighted by Crippen LogP contribution is 2.20. The maximum atomic E-state index is 12.5. The molecule has 0 bridgehead atoms. The van der Waals surface area contributed by atoms with Crippen molar-refractivity contribution in [1.82, 2.24) is 35.1 Å². The van der Waals surface area contributed by atoms with Crippen molar-refractivity contribution in [3.63, 3.8) is 0 Å². The summed E-state index contributed by atoms with van der Waals surface area (Å²) in [5.74, 6) is 0.551. The number of ketones is 1. The Morgan fingerprint density at radius 3 is 2.61 bits per heavy atom. The van der Waals surface area contributed by atoms with Crippen molar-refractivity contribution in [2.45, 2.75) is 27.2 Å². The number of imidazole rings is 1. The number of hydrogen-bond donors (Lipinski definition) is 2. The number of hydrogen-bond acceptors (Lipinski definition) is 7. The first-order chi connectivity index (χ1) is 13.5. The first kappa shape index (κ1) is 17.8. The standard InChI is InChI=1S/C19H19N7O2/c1-4-28-19-21-8-13(9-22-19)17-23-14-5-12(7-20-18(14)24-17)6-15(27)16-10(2)11(3)25-26-16/h5,7-9H,4,6H2,1-3H3,(H,25,26)(H,20,23,24). The molecule has 0 saturated heterocycles. The molecule has 142 valence electrons. The van der Waals surface area contributed by atoms with Gasteiger partial charge >= 0.3 is 6.01 Å². The van der Waals surface area contributed by atoms with E-state index in [-0.39, 0.29) is 12.2 Å². The Hall–Kier alpha value is -3.62. The number of nitrogens with zero attached hydrogens (tertiary/aromatic N) is 5. The minimum atomic E-state index is -0.0531. The third-order valence-electron chi connectivity index (χ3n) is 4.45. The molecule has 4 rings (SSSR count). The van der Waals surface area contributed by atoms with Gasteiger partial charge in [0.1, 0.15) is 11.5 Å². The van der Waals surface area contributed by atoms with Gasteiger partial charge in [-0.25, -0.2) is 19.9 Å². The molecule has 4 heterocycles. The molecule has 2 N–H and O–H groups in total. The van der Waals surface area contributed by atoms with Crippen LogP contribution in [-0.2, 0) is 6.42 Å². The summed E-state index contributed by atoms with van der Waals surface area (Å²) in [7, 11) is 0. The van der Waals surface area contributed by atoms with Crippen LogP contribution in [0.15, 0.2) is 24.7 Å². The van der Waals surface area contributed by atoms with Gasteiger partial charge in [-0.15, -0.1) is 0 Å². The topological polar surface area (TPSA) is 122 Å². The van der Waals surface area contributed by atoms with E-state index in [9.17, 15) is 4.79 Å². The number of aromatic amines is 2. The van der Waals surface area contributed by atoms with Gasteiger partial charge in [-0.1, -0.05) is 0 Å². The predicted octanol–water partition coefficient (Wildman–Crippen LogP) is 2.58. The van der Waals surface area contributed by atoms with E-state index in [0.29, 0.717) is 29.8 Å². The molecule has 4 aromatic heterocycles. The minimum Gasteiger partial charge on any atom is -0.464 e. The lowest BCUT2D eigenvalue weighted by Crippen LogP contribution is -2.06. The molecular weight excluding hydrogens is 358 g/mol. The molecule has 0 spiro atoms. The van der Waals surface area contributed by atoms with Crippen LogP contribution < -0.4 is 4.74 Å². The monoisotopic (exact) mass is 377 g/mol. The van der Waals surface area contributed by atoms with Gasteiger partial charge in [0.2, 0.25) is 0 Å². The summed E-state index contributed by atoms with van der Waals surface area (Å²) in [6, 6.07) is 2.20. The maximum absolute atomic E-state index is 12.5. The summed E-state index contributed by atoms with van der Waals surface area (Å²) in [5, 5.41) is 6.94. The molecule has 0 aromatic carbocycles. The molecule has 0 amide bonds. The third-order valence-corrected chi connectivity index (χ3v) is 4.45. The molecule has 0 atom stereocenters. The number of carbonyl (C=O) groups is 1. The summed E-state index contributed by atoms with van der Waals surface area (Å²) >= 11 is 0. The predicted molar refractivity (Wildman–Crippen MR) is 102 cm³/mol. The highest BCUT2D eigenvalue weighted by Gasteiger charge is 2.16. The zero-order valence-electron chi connectivity index (χ0n) is 15.8. The van der Waals surface area contributed by atoms with E-state index in [1.54, 1.807) is 18.6 Å². The van der Waals surface area contributed by atoms with Gasteiger partial charge in [-0.05, 0) is 32.4 Å². The normalized spacial score (nSPS) is 11.1. The van der Waals surface area contributed by atoms with Gasteiger partial charge in [0.25, 0.3) is 0 Å². The summed E-state index contributed by atoms with van der Waals surface area (Å²) < 4.78 is 5.25. The Kier molecular flexibility index (Phi) is 4.56. The first-order valence-electron chi connectivity index (χ1n) is 8.89. The average Bonchev–Trinajstić information content (AvgIpc) is 3.26. The van der Waals surface area contributed by atoms with Gasteiger partial charge in [0.05, 0.1) is 17.7 Å². The van der Waals surface area contributed by atoms with E-state index in [4.69, 9.17) is 4.74 Å². The van der Waals surface area contributed by atoms with Crippen LogP contribution in [0, 0.1) is 13.8 Å². The fraction of sp³-hybridized carbons (Fsp3) is 0.263. The Morgan fingerprint density at radius 2 is 1.93 bits per heavy atom. The number of nitrogens with one attached hydrogen (secondary N) is 2. The number of H-pyrrole nitrogens is 2. The SMILES string of the molecule is CCOc1ncc(-c2nc3ncc(CC(=O)c4n[nH]c(C)c4C)cc3[nH]2)cn1. The number of rotatable bonds is 6. The molecule has 9 nitrogen and oxygen atoms in total. The number of Topliss-reactive ketones (excluding diaryl/α,β-unsaturated/α-hetero) is 1. The van der Waals surface area contributed by atoms with Crippen molar-refractivity contribution in [2.75, 3.05) is 6.61 Å². The van der Waals surface area contributed by atoms with Crippen molar-refractivity contribution in [3.8, 4) is 17.4 Å². The molecule has 0 fully saturated rings. The van der Waals surface area contributed by atoms with E-state index >= 15 is 0 Å². The zero-order valence-corrected chi connectivity index (χ0v) is 15.8. The van der Waals surface area contributed by atoms with Gasteiger partial charge in [0.15, 0.2) is 11.4 Å². The van der Waals surface area contributed by atoms with Crippen LogP contribution >= 0.6 is 0 Å². The molecular formula is C19H19N7O2. The molecule has 0 radical (unpaired) electrons. The number of carbonyl (C=O) groups excluding carboxylic acids is 1. The van der Waals surface area contributed by atoms with E-state index in [2.05, 4.69) is 35.1 Å². The summed E-state index contributed by atoms with van der Waals surface area (Å²) in [6.07, 6.45) is 5.16. The van der Waals surface area contributed by atoms with Crippen LogP contribution in [0.5, 0.6) is 6.01 Å². The van der Waals surface area contributed by atoms with Gasteiger partial charge in [0, 0.05) is 36.3 Å². The maximum Gasteiger partial charge on any atom is 0.316 e. The Balaban J connectivity index is 1.57. The van der Waals surface area contributed by atoms with Crippen molar-refractivity contribution >= 4 is 16.9 Å². The summed E-state index contributed by atoms with van der Waals surface area (Å²) in [4.78, 5) is 32.9. The molecule has 4 aromatic rings. The zero-order chi connectivity index (χ0) is 19.7. The van der Waals surface area contributed by atoms with Crippen LogP contribution in [0.1, 0.15) is 34.2 Å². The molecule has 0 saturated carbocycles. The fourth-order valence-electron chi connectivity index (χ4n) is 2.84. The van der Waals surface area contributed by atoms with E-state index in [1.807, 2.05) is 26.8 Å². The largest absolute Gasteiger partial charge is 0.464 e. The second-order valence-electron chi connectivity index (χ2n) is 6.41. The molecule has 0 aliphatic carbocycles.